The van der Waals surface area contributed by atoms with Gasteiger partial charge in [0, 0.05) is 12.2 Å². The minimum absolute atomic E-state index is 1.14. The minimum atomic E-state index is 1.14. The molecule has 0 unspecified atom stereocenters. The Labute approximate surface area is 57.1 Å². The summed E-state index contributed by atoms with van der Waals surface area (Å²) in [4.78, 5) is 0. The molecule has 0 bridgehead atoms. The minimum Gasteiger partial charge on any atom is -0.389 e. The second kappa shape index (κ2) is 3.54. The van der Waals surface area contributed by atoms with Gasteiger partial charge in [0.2, 0.25) is 0 Å². The maximum atomic E-state index is 3.39. The predicted molar refractivity (Wildman–Crippen MR) is 40.2 cm³/mol. The van der Waals surface area contributed by atoms with E-state index < -0.39 is 0 Å². The van der Waals surface area contributed by atoms with E-state index >= 15 is 0 Å². The normalized spacial score (nSPS) is 17.7. The van der Waals surface area contributed by atoms with E-state index in [0.717, 1.165) is 6.54 Å². The highest BCUT2D eigenvalue weighted by molar-refractivity contribution is 5.04. The van der Waals surface area contributed by atoms with Gasteiger partial charge in [-0.3, -0.25) is 0 Å². The number of hydrogen-bond donors (Lipinski definition) is 1. The van der Waals surface area contributed by atoms with Gasteiger partial charge in [0.05, 0.1) is 0 Å². The molecule has 9 heavy (non-hydrogen) atoms. The highest BCUT2D eigenvalue weighted by Gasteiger charge is 2.00. The van der Waals surface area contributed by atoms with E-state index in [2.05, 4.69) is 18.3 Å². The van der Waals surface area contributed by atoms with Crippen LogP contribution >= 0.6 is 0 Å². The molecule has 1 aliphatic carbocycles. The van der Waals surface area contributed by atoms with Crippen molar-refractivity contribution in [3.63, 3.8) is 0 Å². The molecule has 0 aromatic heterocycles. The topological polar surface area (TPSA) is 12.0 Å². The van der Waals surface area contributed by atoms with Crippen molar-refractivity contribution in [3.8, 4) is 0 Å². The van der Waals surface area contributed by atoms with Crippen LogP contribution < -0.4 is 5.32 Å². The summed E-state index contributed by atoms with van der Waals surface area (Å²) in [6.45, 7) is 3.34. The number of allylic oxidation sites excluding steroid dienone is 2. The molecule has 0 aliphatic heterocycles. The molecule has 0 fully saturated rings. The molecule has 1 nitrogen and oxygen atoms in total. The number of nitrogens with one attached hydrogen (secondary N) is 1. The summed E-state index contributed by atoms with van der Waals surface area (Å²) in [5, 5.41) is 3.39. The first-order valence-corrected chi connectivity index (χ1v) is 3.86. The highest BCUT2D eigenvalue weighted by atomic mass is 14.9. The Morgan fingerprint density at radius 3 is 3.11 bits per heavy atom. The Balaban J connectivity index is 2.11. The van der Waals surface area contributed by atoms with E-state index in [9.17, 15) is 0 Å². The van der Waals surface area contributed by atoms with Gasteiger partial charge in [-0.1, -0.05) is 13.0 Å². The first kappa shape index (κ1) is 6.66. The van der Waals surface area contributed by atoms with Crippen molar-refractivity contribution in [1.82, 2.24) is 5.32 Å². The van der Waals surface area contributed by atoms with Crippen molar-refractivity contribution >= 4 is 0 Å². The van der Waals surface area contributed by atoms with Gasteiger partial charge in [-0.05, 0) is 25.7 Å². The summed E-state index contributed by atoms with van der Waals surface area (Å²) in [6, 6.07) is 0. The second-order valence-corrected chi connectivity index (χ2v) is 2.55. The van der Waals surface area contributed by atoms with Crippen molar-refractivity contribution < 1.29 is 0 Å². The van der Waals surface area contributed by atoms with E-state index in [1.54, 1.807) is 0 Å². The van der Waals surface area contributed by atoms with Crippen LogP contribution in [0.15, 0.2) is 11.8 Å². The van der Waals surface area contributed by atoms with Crippen molar-refractivity contribution in [3.05, 3.63) is 11.8 Å². The lowest BCUT2D eigenvalue weighted by Gasteiger charge is -2.02. The molecule has 0 aromatic rings. The average Bonchev–Trinajstić information content (AvgIpc) is 2.34. The summed E-state index contributed by atoms with van der Waals surface area (Å²) in [5.74, 6) is 0. The molecular weight excluding hydrogens is 110 g/mol. The van der Waals surface area contributed by atoms with Crippen molar-refractivity contribution in [2.45, 2.75) is 32.6 Å². The van der Waals surface area contributed by atoms with E-state index in [0.29, 0.717) is 0 Å². The summed E-state index contributed by atoms with van der Waals surface area (Å²) >= 11 is 0. The molecule has 0 radical (unpaired) electrons. The van der Waals surface area contributed by atoms with Crippen molar-refractivity contribution in [2.75, 3.05) is 6.54 Å². The molecule has 0 saturated carbocycles. The van der Waals surface area contributed by atoms with Crippen LogP contribution in [0.4, 0.5) is 0 Å². The van der Waals surface area contributed by atoms with Crippen LogP contribution in [-0.2, 0) is 0 Å². The Bertz CT molecular complexity index is 105. The lowest BCUT2D eigenvalue weighted by atomic mass is 10.3. The van der Waals surface area contributed by atoms with Gasteiger partial charge in [-0.2, -0.15) is 0 Å². The van der Waals surface area contributed by atoms with Gasteiger partial charge >= 0.3 is 0 Å². The molecule has 1 heteroatoms. The Kier molecular flexibility index (Phi) is 2.62. The second-order valence-electron chi connectivity index (χ2n) is 2.55. The fraction of sp³-hybridized carbons (Fsp3) is 0.750. The molecule has 0 atom stereocenters. The van der Waals surface area contributed by atoms with Crippen molar-refractivity contribution in [1.29, 1.82) is 0 Å². The fourth-order valence-corrected chi connectivity index (χ4v) is 1.12. The SMILES string of the molecule is CCCNC1=CCCC1. The first-order chi connectivity index (χ1) is 4.43. The zero-order valence-corrected chi connectivity index (χ0v) is 6.11. The fourth-order valence-electron chi connectivity index (χ4n) is 1.12. The molecule has 0 aromatic carbocycles. The standard InChI is InChI=1S/C8H15N/c1-2-7-9-8-5-3-4-6-8/h5,9H,2-4,6-7H2,1H3. The van der Waals surface area contributed by atoms with Gasteiger partial charge in [-0.15, -0.1) is 0 Å². The Morgan fingerprint density at radius 2 is 2.56 bits per heavy atom. The Hall–Kier alpha value is -0.460. The van der Waals surface area contributed by atoms with Gasteiger partial charge in [-0.25, -0.2) is 0 Å². The van der Waals surface area contributed by atoms with E-state index in [1.807, 2.05) is 0 Å². The molecule has 0 spiro atoms. The summed E-state index contributed by atoms with van der Waals surface area (Å²) in [6.07, 6.45) is 7.46. The summed E-state index contributed by atoms with van der Waals surface area (Å²) in [5.41, 5.74) is 1.47. The quantitative estimate of drug-likeness (QED) is 0.608. The van der Waals surface area contributed by atoms with Gasteiger partial charge in [0.25, 0.3) is 0 Å². The molecule has 52 valence electrons. The van der Waals surface area contributed by atoms with Crippen LogP contribution in [-0.4, -0.2) is 6.54 Å². The third-order valence-corrected chi connectivity index (χ3v) is 1.64. The van der Waals surface area contributed by atoms with E-state index in [1.165, 1.54) is 31.4 Å². The van der Waals surface area contributed by atoms with Crippen LogP contribution in [0.1, 0.15) is 32.6 Å². The van der Waals surface area contributed by atoms with Gasteiger partial charge in [0.15, 0.2) is 0 Å². The molecule has 1 N–H and O–H groups in total. The lowest BCUT2D eigenvalue weighted by Crippen LogP contribution is -2.11. The third-order valence-electron chi connectivity index (χ3n) is 1.64. The van der Waals surface area contributed by atoms with Crippen LogP contribution in [0.2, 0.25) is 0 Å². The van der Waals surface area contributed by atoms with Crippen LogP contribution in [0.25, 0.3) is 0 Å². The van der Waals surface area contributed by atoms with Gasteiger partial charge in [0.1, 0.15) is 0 Å². The maximum Gasteiger partial charge on any atom is 0.0141 e. The third kappa shape index (κ3) is 2.08. The highest BCUT2D eigenvalue weighted by Crippen LogP contribution is 2.13. The maximum absolute atomic E-state index is 3.39. The smallest absolute Gasteiger partial charge is 0.0141 e. The monoisotopic (exact) mass is 125 g/mol. The zero-order chi connectivity index (χ0) is 6.53. The van der Waals surface area contributed by atoms with Crippen LogP contribution in [0.3, 0.4) is 0 Å². The molecule has 1 rings (SSSR count). The molecule has 0 saturated heterocycles. The zero-order valence-electron chi connectivity index (χ0n) is 6.11. The van der Waals surface area contributed by atoms with E-state index in [4.69, 9.17) is 0 Å². The first-order valence-electron chi connectivity index (χ1n) is 3.86. The largest absolute Gasteiger partial charge is 0.389 e. The molecule has 1 aliphatic rings. The summed E-state index contributed by atoms with van der Waals surface area (Å²) in [7, 11) is 0. The molecule has 0 heterocycles. The van der Waals surface area contributed by atoms with Crippen LogP contribution in [0.5, 0.6) is 0 Å². The van der Waals surface area contributed by atoms with Crippen LogP contribution in [0, 0.1) is 0 Å². The average molecular weight is 125 g/mol. The predicted octanol–water partition coefficient (Wildman–Crippen LogP) is 2.05. The van der Waals surface area contributed by atoms with Crippen molar-refractivity contribution in [2.24, 2.45) is 0 Å². The number of rotatable bonds is 3. The Morgan fingerprint density at radius 1 is 1.67 bits per heavy atom. The summed E-state index contributed by atoms with van der Waals surface area (Å²) < 4.78 is 0. The molecule has 0 amide bonds. The van der Waals surface area contributed by atoms with Gasteiger partial charge < -0.3 is 5.32 Å². The lowest BCUT2D eigenvalue weighted by molar-refractivity contribution is 0.736. The molecular formula is C8H15N. The van der Waals surface area contributed by atoms with E-state index in [-0.39, 0.29) is 0 Å². The number of hydrogen-bond acceptors (Lipinski definition) is 1.